The first kappa shape index (κ1) is 9.85. The van der Waals surface area contributed by atoms with E-state index < -0.39 is 0 Å². The van der Waals surface area contributed by atoms with Crippen molar-refractivity contribution in [2.45, 2.75) is 25.7 Å². The van der Waals surface area contributed by atoms with Crippen LogP contribution in [0.25, 0.3) is 11.0 Å². The van der Waals surface area contributed by atoms with E-state index in [1.807, 2.05) is 6.20 Å². The molecule has 2 N–H and O–H groups in total. The van der Waals surface area contributed by atoms with Crippen molar-refractivity contribution in [2.24, 2.45) is 0 Å². The monoisotopic (exact) mass is 215 g/mol. The van der Waals surface area contributed by atoms with Gasteiger partial charge in [-0.3, -0.25) is 0 Å². The number of nitrogens with one attached hydrogen (secondary N) is 2. The summed E-state index contributed by atoms with van der Waals surface area (Å²) in [6.45, 7) is 4.33. The second kappa shape index (κ2) is 3.91. The fraction of sp³-hybridized carbons (Fsp3) is 0.462. The van der Waals surface area contributed by atoms with Crippen LogP contribution in [0.2, 0.25) is 0 Å². The molecule has 1 saturated heterocycles. The molecule has 0 spiro atoms. The first-order valence-electron chi connectivity index (χ1n) is 5.99. The molecule has 2 aromatic rings. The lowest BCUT2D eigenvalue weighted by atomic mass is 9.96. The number of fused-ring (bicyclic) bond motifs is 1. The smallest absolute Gasteiger partial charge is 0.137 e. The lowest BCUT2D eigenvalue weighted by Gasteiger charge is -2.21. The molecule has 3 heteroatoms. The molecule has 84 valence electrons. The Morgan fingerprint density at radius 2 is 2.31 bits per heavy atom. The van der Waals surface area contributed by atoms with Gasteiger partial charge in [0.05, 0.1) is 0 Å². The minimum absolute atomic E-state index is 0.628. The van der Waals surface area contributed by atoms with Gasteiger partial charge in [-0.05, 0) is 44.0 Å². The summed E-state index contributed by atoms with van der Waals surface area (Å²) in [7, 11) is 0. The predicted molar refractivity (Wildman–Crippen MR) is 65.7 cm³/mol. The van der Waals surface area contributed by atoms with Crippen molar-refractivity contribution in [3.05, 3.63) is 29.6 Å². The van der Waals surface area contributed by atoms with Gasteiger partial charge in [0.15, 0.2) is 0 Å². The zero-order valence-electron chi connectivity index (χ0n) is 9.59. The molecule has 0 unspecified atom stereocenters. The van der Waals surface area contributed by atoms with Gasteiger partial charge in [0.25, 0.3) is 0 Å². The molecule has 0 bridgehead atoms. The average molecular weight is 215 g/mol. The molecule has 0 saturated carbocycles. The van der Waals surface area contributed by atoms with Gasteiger partial charge in [-0.1, -0.05) is 0 Å². The first-order chi connectivity index (χ1) is 7.83. The Morgan fingerprint density at radius 1 is 1.38 bits per heavy atom. The number of pyridine rings is 1. The normalized spacial score (nSPS) is 21.4. The maximum atomic E-state index is 4.42. The lowest BCUT2D eigenvalue weighted by molar-refractivity contribution is 0.456. The number of hydrogen-bond donors (Lipinski definition) is 2. The Balaban J connectivity index is 1.97. The standard InChI is InChI=1S/C13H17N3/c1-9-5-11-6-12(16-13(11)15-7-9)10-3-2-4-14-8-10/h5-7,10,14H,2-4,8H2,1H3,(H,15,16)/t10-/m1/s1. The van der Waals surface area contributed by atoms with Crippen molar-refractivity contribution < 1.29 is 0 Å². The molecule has 0 aromatic carbocycles. The number of piperidine rings is 1. The van der Waals surface area contributed by atoms with E-state index in [1.54, 1.807) is 0 Å². The number of rotatable bonds is 1. The van der Waals surface area contributed by atoms with Gasteiger partial charge in [-0.25, -0.2) is 4.98 Å². The summed E-state index contributed by atoms with van der Waals surface area (Å²) in [6, 6.07) is 4.45. The number of aromatic nitrogens is 2. The highest BCUT2D eigenvalue weighted by atomic mass is 14.9. The third-order valence-corrected chi connectivity index (χ3v) is 3.36. The SMILES string of the molecule is Cc1cnc2[nH]c([C@@H]3CCCNC3)cc2c1. The quantitative estimate of drug-likeness (QED) is 0.766. The predicted octanol–water partition coefficient (Wildman–Crippen LogP) is 2.34. The van der Waals surface area contributed by atoms with Crippen molar-refractivity contribution in [1.29, 1.82) is 0 Å². The first-order valence-corrected chi connectivity index (χ1v) is 5.99. The molecule has 1 fully saturated rings. The molecule has 1 aliphatic heterocycles. The van der Waals surface area contributed by atoms with Gasteiger partial charge in [0.2, 0.25) is 0 Å². The van der Waals surface area contributed by atoms with Crippen molar-refractivity contribution in [2.75, 3.05) is 13.1 Å². The van der Waals surface area contributed by atoms with E-state index in [9.17, 15) is 0 Å². The summed E-state index contributed by atoms with van der Waals surface area (Å²) in [4.78, 5) is 7.86. The van der Waals surface area contributed by atoms with Crippen LogP contribution in [0.15, 0.2) is 18.3 Å². The maximum Gasteiger partial charge on any atom is 0.137 e. The highest BCUT2D eigenvalue weighted by molar-refractivity contribution is 5.77. The topological polar surface area (TPSA) is 40.7 Å². The number of H-pyrrole nitrogens is 1. The minimum Gasteiger partial charge on any atom is -0.343 e. The molecule has 0 amide bonds. The van der Waals surface area contributed by atoms with Crippen LogP contribution < -0.4 is 5.32 Å². The average Bonchev–Trinajstić information content (AvgIpc) is 2.73. The molecular formula is C13H17N3. The van der Waals surface area contributed by atoms with Gasteiger partial charge in [0, 0.05) is 29.7 Å². The van der Waals surface area contributed by atoms with Gasteiger partial charge >= 0.3 is 0 Å². The molecule has 0 radical (unpaired) electrons. The maximum absolute atomic E-state index is 4.42. The fourth-order valence-corrected chi connectivity index (χ4v) is 2.48. The third kappa shape index (κ3) is 1.71. The molecule has 1 atom stereocenters. The summed E-state index contributed by atoms with van der Waals surface area (Å²) in [5.74, 6) is 0.628. The van der Waals surface area contributed by atoms with E-state index in [4.69, 9.17) is 0 Å². The number of hydrogen-bond acceptors (Lipinski definition) is 2. The summed E-state index contributed by atoms with van der Waals surface area (Å²) >= 11 is 0. The third-order valence-electron chi connectivity index (χ3n) is 3.36. The van der Waals surface area contributed by atoms with E-state index in [2.05, 4.69) is 34.3 Å². The van der Waals surface area contributed by atoms with E-state index in [1.165, 1.54) is 29.5 Å². The summed E-state index contributed by atoms with van der Waals surface area (Å²) in [5, 5.41) is 4.69. The van der Waals surface area contributed by atoms with Gasteiger partial charge < -0.3 is 10.3 Å². The van der Waals surface area contributed by atoms with Crippen LogP contribution in [0, 0.1) is 6.92 Å². The van der Waals surface area contributed by atoms with Crippen LogP contribution in [0.3, 0.4) is 0 Å². The van der Waals surface area contributed by atoms with E-state index in [0.717, 1.165) is 18.7 Å². The fourth-order valence-electron chi connectivity index (χ4n) is 2.48. The molecule has 1 aliphatic rings. The Morgan fingerprint density at radius 3 is 3.12 bits per heavy atom. The molecule has 16 heavy (non-hydrogen) atoms. The molecule has 2 aromatic heterocycles. The summed E-state index contributed by atoms with van der Waals surface area (Å²) in [5.41, 5.74) is 3.58. The number of aromatic amines is 1. The molecular weight excluding hydrogens is 198 g/mol. The van der Waals surface area contributed by atoms with Crippen LogP contribution >= 0.6 is 0 Å². The number of aryl methyl sites for hydroxylation is 1. The van der Waals surface area contributed by atoms with Crippen LogP contribution in [-0.2, 0) is 0 Å². The minimum atomic E-state index is 0.628. The van der Waals surface area contributed by atoms with Crippen molar-refractivity contribution >= 4 is 11.0 Å². The van der Waals surface area contributed by atoms with Crippen LogP contribution in [0.4, 0.5) is 0 Å². The van der Waals surface area contributed by atoms with Crippen LogP contribution in [-0.4, -0.2) is 23.1 Å². The molecule has 0 aliphatic carbocycles. The highest BCUT2D eigenvalue weighted by Crippen LogP contribution is 2.25. The van der Waals surface area contributed by atoms with Gasteiger partial charge in [-0.15, -0.1) is 0 Å². The second-order valence-electron chi connectivity index (χ2n) is 4.72. The summed E-state index contributed by atoms with van der Waals surface area (Å²) < 4.78 is 0. The second-order valence-corrected chi connectivity index (χ2v) is 4.72. The van der Waals surface area contributed by atoms with Crippen LogP contribution in [0.1, 0.15) is 30.0 Å². The Hall–Kier alpha value is -1.35. The molecule has 3 nitrogen and oxygen atoms in total. The molecule has 3 heterocycles. The number of nitrogens with zero attached hydrogens (tertiary/aromatic N) is 1. The Bertz CT molecular complexity index is 495. The van der Waals surface area contributed by atoms with E-state index in [-0.39, 0.29) is 0 Å². The molecule has 3 rings (SSSR count). The van der Waals surface area contributed by atoms with Crippen molar-refractivity contribution in [3.63, 3.8) is 0 Å². The Kier molecular flexibility index (Phi) is 2.40. The van der Waals surface area contributed by atoms with E-state index >= 15 is 0 Å². The summed E-state index contributed by atoms with van der Waals surface area (Å²) in [6.07, 6.45) is 4.47. The van der Waals surface area contributed by atoms with Gasteiger partial charge in [0.1, 0.15) is 5.65 Å². The van der Waals surface area contributed by atoms with Gasteiger partial charge in [-0.2, -0.15) is 0 Å². The van der Waals surface area contributed by atoms with Crippen LogP contribution in [0.5, 0.6) is 0 Å². The van der Waals surface area contributed by atoms with Crippen molar-refractivity contribution in [1.82, 2.24) is 15.3 Å². The highest BCUT2D eigenvalue weighted by Gasteiger charge is 2.17. The largest absolute Gasteiger partial charge is 0.343 e. The zero-order chi connectivity index (χ0) is 11.0. The Labute approximate surface area is 95.3 Å². The van der Waals surface area contributed by atoms with E-state index in [0.29, 0.717) is 5.92 Å². The lowest BCUT2D eigenvalue weighted by Crippen LogP contribution is -2.28. The zero-order valence-corrected chi connectivity index (χ0v) is 9.59. The van der Waals surface area contributed by atoms with Crippen molar-refractivity contribution in [3.8, 4) is 0 Å².